The molecule has 4 aromatic rings. The van der Waals surface area contributed by atoms with Crippen molar-refractivity contribution in [3.05, 3.63) is 78.4 Å². The quantitative estimate of drug-likeness (QED) is 0.267. The van der Waals surface area contributed by atoms with Gasteiger partial charge in [0.1, 0.15) is 17.4 Å². The molecule has 0 unspecified atom stereocenters. The molecule has 0 saturated heterocycles. The first kappa shape index (κ1) is 26.0. The molecule has 204 valence electrons. The summed E-state index contributed by atoms with van der Waals surface area (Å²) in [6.07, 6.45) is 8.98. The van der Waals surface area contributed by atoms with Crippen LogP contribution >= 0.6 is 0 Å². The lowest BCUT2D eigenvalue weighted by molar-refractivity contribution is -0.144. The van der Waals surface area contributed by atoms with Gasteiger partial charge in [0.25, 0.3) is 0 Å². The van der Waals surface area contributed by atoms with Crippen molar-refractivity contribution in [2.45, 2.75) is 57.9 Å². The highest BCUT2D eigenvalue weighted by Gasteiger charge is 2.52. The number of aromatic nitrogens is 3. The molecule has 0 radical (unpaired) electrons. The average molecular weight is 539 g/mol. The second-order valence-corrected chi connectivity index (χ2v) is 10.6. The van der Waals surface area contributed by atoms with Gasteiger partial charge in [-0.25, -0.2) is 14.2 Å². The number of benzene rings is 2. The Morgan fingerprint density at radius 2 is 1.93 bits per heavy atom. The third-order valence-corrected chi connectivity index (χ3v) is 8.15. The number of carbonyl (C=O) groups is 2. The van der Waals surface area contributed by atoms with Crippen molar-refractivity contribution < 1.29 is 18.7 Å². The molecule has 7 nitrogen and oxygen atoms in total. The number of ketones is 1. The molecule has 2 saturated carbocycles. The molecular weight excluding hydrogens is 507 g/mol. The average Bonchev–Trinajstić information content (AvgIpc) is 3.36. The minimum absolute atomic E-state index is 0.259. The topological polar surface area (TPSA) is 86.4 Å². The number of imidazole rings is 1. The summed E-state index contributed by atoms with van der Waals surface area (Å²) in [5, 5.41) is 0. The Balaban J connectivity index is 1.32. The van der Waals surface area contributed by atoms with Gasteiger partial charge in [-0.05, 0) is 61.7 Å². The van der Waals surface area contributed by atoms with Gasteiger partial charge in [0.05, 0.1) is 23.1 Å². The first-order valence-corrected chi connectivity index (χ1v) is 13.9. The highest BCUT2D eigenvalue weighted by Crippen LogP contribution is 2.47. The molecule has 40 heavy (non-hydrogen) atoms. The second-order valence-electron chi connectivity index (χ2n) is 10.6. The number of rotatable bonds is 7. The van der Waals surface area contributed by atoms with Crippen molar-refractivity contribution in [3.63, 3.8) is 0 Å². The van der Waals surface area contributed by atoms with Crippen LogP contribution in [0, 0.1) is 11.2 Å². The van der Waals surface area contributed by atoms with Gasteiger partial charge in [-0.2, -0.15) is 0 Å². The van der Waals surface area contributed by atoms with E-state index in [1.165, 1.54) is 12.1 Å². The zero-order valence-corrected chi connectivity index (χ0v) is 22.5. The Kier molecular flexibility index (Phi) is 7.00. The van der Waals surface area contributed by atoms with Crippen LogP contribution in [0.15, 0.2) is 72.0 Å². The monoisotopic (exact) mass is 538 g/mol. The molecular formula is C32H31FN4O3. The lowest BCUT2D eigenvalue weighted by Crippen LogP contribution is -2.52. The number of Topliss-reactive ketones (excluding diaryl/α,β-unsaturated/α-hetero) is 1. The van der Waals surface area contributed by atoms with Crippen molar-refractivity contribution in [3.8, 4) is 17.1 Å². The molecule has 0 bridgehead atoms. The third-order valence-electron chi connectivity index (χ3n) is 8.15. The number of hydrogen-bond acceptors (Lipinski definition) is 6. The SMILES string of the molecule is CCOC(=O)[C@H](Cc1ccc(-n2c(-c3cccnc3)nc3cc(F)ccc32)cc1)N=C1CC(=O)C12CCCCC2. The molecule has 0 amide bonds. The fourth-order valence-electron chi connectivity index (χ4n) is 6.05. The summed E-state index contributed by atoms with van der Waals surface area (Å²) in [7, 11) is 0. The predicted molar refractivity (Wildman–Crippen MR) is 151 cm³/mol. The summed E-state index contributed by atoms with van der Waals surface area (Å²) in [6.45, 7) is 2.06. The first-order valence-electron chi connectivity index (χ1n) is 13.9. The Labute approximate surface area is 232 Å². The largest absolute Gasteiger partial charge is 0.464 e. The highest BCUT2D eigenvalue weighted by atomic mass is 19.1. The van der Waals surface area contributed by atoms with E-state index in [0.29, 0.717) is 24.2 Å². The number of ether oxygens (including phenoxy) is 1. The first-order chi connectivity index (χ1) is 19.5. The van der Waals surface area contributed by atoms with Gasteiger partial charge in [0, 0.05) is 48.3 Å². The predicted octanol–water partition coefficient (Wildman–Crippen LogP) is 6.07. The maximum Gasteiger partial charge on any atom is 0.331 e. The van der Waals surface area contributed by atoms with E-state index in [1.807, 2.05) is 41.0 Å². The summed E-state index contributed by atoms with van der Waals surface area (Å²) in [6, 6.07) is 15.5. The molecule has 1 spiro atoms. The van der Waals surface area contributed by atoms with Crippen molar-refractivity contribution in [2.24, 2.45) is 10.4 Å². The van der Waals surface area contributed by atoms with Crippen LogP contribution in [0.1, 0.15) is 51.0 Å². The Bertz CT molecular complexity index is 1590. The number of pyridine rings is 1. The van der Waals surface area contributed by atoms with E-state index < -0.39 is 11.5 Å². The van der Waals surface area contributed by atoms with Crippen molar-refractivity contribution in [1.82, 2.24) is 14.5 Å². The van der Waals surface area contributed by atoms with Gasteiger partial charge in [0.15, 0.2) is 6.04 Å². The molecule has 0 N–H and O–H groups in total. The van der Waals surface area contributed by atoms with E-state index >= 15 is 0 Å². The van der Waals surface area contributed by atoms with Gasteiger partial charge in [-0.1, -0.05) is 31.4 Å². The van der Waals surface area contributed by atoms with E-state index in [1.54, 1.807) is 25.4 Å². The maximum absolute atomic E-state index is 14.0. The summed E-state index contributed by atoms with van der Waals surface area (Å²) < 4.78 is 21.4. The number of nitrogens with zero attached hydrogens (tertiary/aromatic N) is 4. The van der Waals surface area contributed by atoms with Crippen LogP contribution in [0.2, 0.25) is 0 Å². The van der Waals surface area contributed by atoms with Gasteiger partial charge in [-0.3, -0.25) is 19.3 Å². The number of fused-ring (bicyclic) bond motifs is 1. The standard InChI is InChI=1S/C32H31FN4O3/c1-2-40-31(39)26(35-28-19-29(38)32(28)14-4-3-5-15-32)17-21-8-11-24(12-9-21)37-27-13-10-23(33)18-25(27)36-30(37)22-7-6-16-34-20-22/h6-13,16,18,20,26H,2-5,14-15,17,19H2,1H3/t26-/m0/s1. The van der Waals surface area contributed by atoms with Crippen LogP contribution in [-0.4, -0.2) is 44.6 Å². The van der Waals surface area contributed by atoms with E-state index in [0.717, 1.165) is 60.1 Å². The minimum atomic E-state index is -0.698. The normalized spacial score (nSPS) is 18.1. The van der Waals surface area contributed by atoms with Crippen LogP contribution in [-0.2, 0) is 20.7 Å². The smallest absolute Gasteiger partial charge is 0.331 e. The van der Waals surface area contributed by atoms with Crippen LogP contribution in [0.25, 0.3) is 28.1 Å². The molecule has 2 aliphatic carbocycles. The summed E-state index contributed by atoms with van der Waals surface area (Å²) in [5.74, 6) is 0.199. The Morgan fingerprint density at radius 3 is 2.62 bits per heavy atom. The number of aliphatic imine (C=N–C) groups is 1. The molecule has 1 atom stereocenters. The van der Waals surface area contributed by atoms with E-state index in [9.17, 15) is 14.0 Å². The molecule has 2 aromatic heterocycles. The number of esters is 1. The molecule has 2 aliphatic rings. The third kappa shape index (κ3) is 4.72. The van der Waals surface area contributed by atoms with Crippen LogP contribution < -0.4 is 0 Å². The van der Waals surface area contributed by atoms with E-state index in [4.69, 9.17) is 14.7 Å². The van der Waals surface area contributed by atoms with Crippen LogP contribution in [0.4, 0.5) is 4.39 Å². The molecule has 2 fully saturated rings. The van der Waals surface area contributed by atoms with Crippen molar-refractivity contribution in [1.29, 1.82) is 0 Å². The van der Waals surface area contributed by atoms with Crippen molar-refractivity contribution in [2.75, 3.05) is 6.61 Å². The highest BCUT2D eigenvalue weighted by molar-refractivity contribution is 6.27. The number of carbonyl (C=O) groups excluding carboxylic acids is 2. The zero-order chi connectivity index (χ0) is 27.7. The molecule has 6 rings (SSSR count). The lowest BCUT2D eigenvalue weighted by atomic mass is 9.58. The Morgan fingerprint density at radius 1 is 1.12 bits per heavy atom. The second kappa shape index (κ2) is 10.8. The van der Waals surface area contributed by atoms with Gasteiger partial charge < -0.3 is 4.74 Å². The van der Waals surface area contributed by atoms with Gasteiger partial charge in [0.2, 0.25) is 0 Å². The lowest BCUT2D eigenvalue weighted by Gasteiger charge is -2.44. The van der Waals surface area contributed by atoms with E-state index in [-0.39, 0.29) is 24.2 Å². The summed E-state index contributed by atoms with van der Waals surface area (Å²) in [5.41, 5.74) is 4.31. The molecule has 0 aliphatic heterocycles. The number of halogens is 1. The van der Waals surface area contributed by atoms with Crippen LogP contribution in [0.3, 0.4) is 0 Å². The summed E-state index contributed by atoms with van der Waals surface area (Å²) in [4.78, 5) is 39.4. The minimum Gasteiger partial charge on any atom is -0.464 e. The molecule has 2 aromatic carbocycles. The fourth-order valence-corrected chi connectivity index (χ4v) is 6.05. The van der Waals surface area contributed by atoms with Gasteiger partial charge >= 0.3 is 5.97 Å². The van der Waals surface area contributed by atoms with Gasteiger partial charge in [-0.15, -0.1) is 0 Å². The summed E-state index contributed by atoms with van der Waals surface area (Å²) >= 11 is 0. The zero-order valence-electron chi connectivity index (χ0n) is 22.5. The number of hydrogen-bond donors (Lipinski definition) is 0. The molecule has 8 heteroatoms. The maximum atomic E-state index is 14.0. The van der Waals surface area contributed by atoms with E-state index in [2.05, 4.69) is 4.98 Å². The molecule has 2 heterocycles. The van der Waals surface area contributed by atoms with Crippen LogP contribution in [0.5, 0.6) is 0 Å². The fraction of sp³-hybridized carbons (Fsp3) is 0.344. The van der Waals surface area contributed by atoms with Crippen molar-refractivity contribution >= 4 is 28.5 Å². The Hall–Kier alpha value is -4.20.